The van der Waals surface area contributed by atoms with Crippen LogP contribution in [0.4, 0.5) is 0 Å². The highest BCUT2D eigenvalue weighted by molar-refractivity contribution is 7.89. The zero-order valence-corrected chi connectivity index (χ0v) is 13.6. The lowest BCUT2D eigenvalue weighted by atomic mass is 9.80. The molecule has 0 amide bonds. The summed E-state index contributed by atoms with van der Waals surface area (Å²) in [6, 6.07) is 8.68. The van der Waals surface area contributed by atoms with Gasteiger partial charge in [0, 0.05) is 25.7 Å². The summed E-state index contributed by atoms with van der Waals surface area (Å²) in [5.41, 5.74) is 6.19. The molecule has 0 bridgehead atoms. The van der Waals surface area contributed by atoms with Crippen LogP contribution in [0.2, 0.25) is 0 Å². The number of likely N-dealkylation sites (tertiary alicyclic amines) is 1. The second-order valence-electron chi connectivity index (χ2n) is 6.37. The zero-order chi connectivity index (χ0) is 15.5. The molecule has 118 valence electrons. The Hall–Kier alpha value is -0.950. The molecule has 0 spiro atoms. The fourth-order valence-electron chi connectivity index (χ4n) is 2.70. The number of nitrogens with zero attached hydrogens (tertiary/aromatic N) is 1. The van der Waals surface area contributed by atoms with Crippen molar-refractivity contribution in [3.05, 3.63) is 30.3 Å². The van der Waals surface area contributed by atoms with Gasteiger partial charge in [-0.05, 0) is 30.5 Å². The maximum Gasteiger partial charge on any atom is 0.240 e. The third-order valence-corrected chi connectivity index (χ3v) is 5.64. The van der Waals surface area contributed by atoms with Gasteiger partial charge in [0.2, 0.25) is 10.0 Å². The molecule has 1 atom stereocenters. The van der Waals surface area contributed by atoms with Crippen LogP contribution in [0.15, 0.2) is 35.2 Å². The van der Waals surface area contributed by atoms with E-state index in [0.717, 1.165) is 19.5 Å². The number of piperidine rings is 1. The minimum atomic E-state index is -3.40. The first-order valence-electron chi connectivity index (χ1n) is 7.34. The van der Waals surface area contributed by atoms with Crippen LogP contribution in [0.3, 0.4) is 0 Å². The summed E-state index contributed by atoms with van der Waals surface area (Å²) in [7, 11) is -3.40. The molecule has 1 aromatic carbocycles. The first-order chi connectivity index (χ1) is 9.81. The second kappa shape index (κ2) is 6.44. The van der Waals surface area contributed by atoms with Gasteiger partial charge in [0.25, 0.3) is 0 Å². The Morgan fingerprint density at radius 1 is 1.33 bits per heavy atom. The quantitative estimate of drug-likeness (QED) is 0.851. The molecule has 1 fully saturated rings. The molecule has 1 aromatic rings. The van der Waals surface area contributed by atoms with Gasteiger partial charge in [-0.25, -0.2) is 13.1 Å². The van der Waals surface area contributed by atoms with Gasteiger partial charge in [0.15, 0.2) is 0 Å². The fourth-order valence-corrected chi connectivity index (χ4v) is 3.74. The van der Waals surface area contributed by atoms with Gasteiger partial charge < -0.3 is 10.6 Å². The molecule has 3 N–H and O–H groups in total. The second-order valence-corrected chi connectivity index (χ2v) is 8.14. The van der Waals surface area contributed by atoms with E-state index in [1.807, 2.05) is 0 Å². The van der Waals surface area contributed by atoms with Crippen LogP contribution in [0, 0.1) is 5.41 Å². The van der Waals surface area contributed by atoms with Gasteiger partial charge in [-0.15, -0.1) is 0 Å². The van der Waals surface area contributed by atoms with Crippen molar-refractivity contribution >= 4 is 10.0 Å². The van der Waals surface area contributed by atoms with Gasteiger partial charge in [0.05, 0.1) is 4.90 Å². The summed E-state index contributed by atoms with van der Waals surface area (Å²) in [5.74, 6) is 0. The van der Waals surface area contributed by atoms with Crippen LogP contribution >= 0.6 is 0 Å². The standard InChI is InChI=1S/C15H25N3O2S/c1-15(2)12-18(10-8-14(15)16)11-9-17-21(19,20)13-6-4-3-5-7-13/h3-7,14,17H,8-12,16H2,1-2H3. The lowest BCUT2D eigenvalue weighted by molar-refractivity contribution is 0.0974. The largest absolute Gasteiger partial charge is 0.327 e. The normalized spacial score (nSPS) is 23.1. The molecule has 1 aliphatic rings. The first-order valence-corrected chi connectivity index (χ1v) is 8.82. The Morgan fingerprint density at radius 3 is 2.62 bits per heavy atom. The number of nitrogens with two attached hydrogens (primary N) is 1. The SMILES string of the molecule is CC1(C)CN(CCNS(=O)(=O)c2ccccc2)CCC1N. The van der Waals surface area contributed by atoms with Crippen molar-refractivity contribution in [2.75, 3.05) is 26.2 Å². The summed E-state index contributed by atoms with van der Waals surface area (Å²) >= 11 is 0. The number of sulfonamides is 1. The molecule has 2 rings (SSSR count). The van der Waals surface area contributed by atoms with E-state index in [4.69, 9.17) is 5.73 Å². The number of rotatable bonds is 5. The average molecular weight is 311 g/mol. The van der Waals surface area contributed by atoms with E-state index >= 15 is 0 Å². The molecule has 1 unspecified atom stereocenters. The van der Waals surface area contributed by atoms with Gasteiger partial charge in [-0.3, -0.25) is 0 Å². The van der Waals surface area contributed by atoms with Gasteiger partial charge in [0.1, 0.15) is 0 Å². The number of hydrogen-bond acceptors (Lipinski definition) is 4. The molecule has 1 saturated heterocycles. The van der Waals surface area contributed by atoms with Crippen molar-refractivity contribution in [1.29, 1.82) is 0 Å². The van der Waals surface area contributed by atoms with E-state index in [1.165, 1.54) is 0 Å². The summed E-state index contributed by atoms with van der Waals surface area (Å²) in [4.78, 5) is 2.59. The van der Waals surface area contributed by atoms with E-state index in [2.05, 4.69) is 23.5 Å². The Bertz CT molecular complexity index is 558. The van der Waals surface area contributed by atoms with E-state index in [-0.39, 0.29) is 11.5 Å². The van der Waals surface area contributed by atoms with E-state index in [1.54, 1.807) is 30.3 Å². The predicted molar refractivity (Wildman–Crippen MR) is 84.4 cm³/mol. The Kier molecular flexibility index (Phi) is 5.03. The van der Waals surface area contributed by atoms with Crippen LogP contribution in [0.25, 0.3) is 0 Å². The Morgan fingerprint density at radius 2 is 2.00 bits per heavy atom. The molecular formula is C15H25N3O2S. The summed E-state index contributed by atoms with van der Waals surface area (Å²) in [6.07, 6.45) is 0.957. The smallest absolute Gasteiger partial charge is 0.240 e. The third-order valence-electron chi connectivity index (χ3n) is 4.16. The van der Waals surface area contributed by atoms with Gasteiger partial charge in [-0.2, -0.15) is 0 Å². The molecule has 5 nitrogen and oxygen atoms in total. The van der Waals surface area contributed by atoms with Gasteiger partial charge in [-0.1, -0.05) is 32.0 Å². The highest BCUT2D eigenvalue weighted by Crippen LogP contribution is 2.27. The maximum atomic E-state index is 12.1. The molecule has 0 radical (unpaired) electrons. The highest BCUT2D eigenvalue weighted by atomic mass is 32.2. The van der Waals surface area contributed by atoms with E-state index in [0.29, 0.717) is 18.0 Å². The Labute approximate surface area is 127 Å². The minimum Gasteiger partial charge on any atom is -0.327 e. The fraction of sp³-hybridized carbons (Fsp3) is 0.600. The molecule has 0 saturated carbocycles. The summed E-state index contributed by atoms with van der Waals surface area (Å²) in [5, 5.41) is 0. The summed E-state index contributed by atoms with van der Waals surface area (Å²) in [6.45, 7) is 7.29. The van der Waals surface area contributed by atoms with Crippen LogP contribution in [-0.4, -0.2) is 45.5 Å². The average Bonchev–Trinajstić information content (AvgIpc) is 2.43. The van der Waals surface area contributed by atoms with Crippen molar-refractivity contribution in [3.63, 3.8) is 0 Å². The van der Waals surface area contributed by atoms with E-state index < -0.39 is 10.0 Å². The van der Waals surface area contributed by atoms with Crippen LogP contribution in [0.1, 0.15) is 20.3 Å². The van der Waals surface area contributed by atoms with Crippen molar-refractivity contribution in [2.45, 2.75) is 31.2 Å². The topological polar surface area (TPSA) is 75.4 Å². The van der Waals surface area contributed by atoms with Crippen LogP contribution < -0.4 is 10.5 Å². The molecule has 1 aliphatic heterocycles. The lowest BCUT2D eigenvalue weighted by Gasteiger charge is -2.42. The van der Waals surface area contributed by atoms with Gasteiger partial charge >= 0.3 is 0 Å². The lowest BCUT2D eigenvalue weighted by Crippen LogP contribution is -2.53. The van der Waals surface area contributed by atoms with Crippen molar-refractivity contribution < 1.29 is 8.42 Å². The Balaban J connectivity index is 1.85. The van der Waals surface area contributed by atoms with Crippen LogP contribution in [0.5, 0.6) is 0 Å². The number of hydrogen-bond donors (Lipinski definition) is 2. The van der Waals surface area contributed by atoms with Crippen molar-refractivity contribution in [3.8, 4) is 0 Å². The molecular weight excluding hydrogens is 286 g/mol. The van der Waals surface area contributed by atoms with E-state index in [9.17, 15) is 8.42 Å². The predicted octanol–water partition coefficient (Wildman–Crippen LogP) is 1.02. The number of benzene rings is 1. The number of nitrogens with one attached hydrogen (secondary N) is 1. The molecule has 6 heteroatoms. The van der Waals surface area contributed by atoms with Crippen molar-refractivity contribution in [1.82, 2.24) is 9.62 Å². The van der Waals surface area contributed by atoms with Crippen molar-refractivity contribution in [2.24, 2.45) is 11.1 Å². The molecule has 1 heterocycles. The summed E-state index contributed by atoms with van der Waals surface area (Å²) < 4.78 is 26.9. The molecule has 0 aliphatic carbocycles. The first kappa shape index (κ1) is 16.4. The third kappa shape index (κ3) is 4.26. The molecule has 0 aromatic heterocycles. The van der Waals surface area contributed by atoms with Crippen LogP contribution in [-0.2, 0) is 10.0 Å². The monoisotopic (exact) mass is 311 g/mol. The minimum absolute atomic E-state index is 0.0799. The maximum absolute atomic E-state index is 12.1. The zero-order valence-electron chi connectivity index (χ0n) is 12.7. The molecule has 21 heavy (non-hydrogen) atoms. The highest BCUT2D eigenvalue weighted by Gasteiger charge is 2.33.